The number of phenols is 1. The van der Waals surface area contributed by atoms with E-state index in [0.717, 1.165) is 6.20 Å². The van der Waals surface area contributed by atoms with Gasteiger partial charge in [-0.1, -0.05) is 15.9 Å². The van der Waals surface area contributed by atoms with Crippen molar-refractivity contribution in [3.63, 3.8) is 0 Å². The van der Waals surface area contributed by atoms with Gasteiger partial charge in [-0.25, -0.2) is 0 Å². The van der Waals surface area contributed by atoms with Gasteiger partial charge >= 0.3 is 0 Å². The normalized spacial score (nSPS) is 10.5. The molecule has 1 aromatic carbocycles. The van der Waals surface area contributed by atoms with Crippen LogP contribution in [-0.2, 0) is 0 Å². The number of aromatic hydroxyl groups is 1. The fraction of sp³-hybridized carbons (Fsp3) is 0.111. The predicted octanol–water partition coefficient (Wildman–Crippen LogP) is 2.41. The highest BCUT2D eigenvalue weighted by atomic mass is 79.9. The second-order valence-corrected chi connectivity index (χ2v) is 3.56. The molecular formula is C9H8BrNO4. The Morgan fingerprint density at radius 1 is 1.60 bits per heavy atom. The molecule has 1 N–H and O–H groups in total. The number of hydrogen-bond acceptors (Lipinski definition) is 4. The van der Waals surface area contributed by atoms with Crippen LogP contribution < -0.4 is 4.74 Å². The number of hydrogen-bond donors (Lipinski definition) is 1. The quantitative estimate of drug-likeness (QED) is 0.678. The molecule has 80 valence electrons. The minimum atomic E-state index is -0.604. The van der Waals surface area contributed by atoms with Gasteiger partial charge in [-0.05, 0) is 12.1 Å². The van der Waals surface area contributed by atoms with Crippen molar-refractivity contribution in [2.45, 2.75) is 0 Å². The summed E-state index contributed by atoms with van der Waals surface area (Å²) in [7, 11) is 1.41. The number of nitrogens with zero attached hydrogens (tertiary/aromatic N) is 1. The van der Waals surface area contributed by atoms with Gasteiger partial charge in [0.1, 0.15) is 0 Å². The number of halogens is 1. The third kappa shape index (κ3) is 2.95. The number of phenolic OH excluding ortho intramolecular Hbond substituents is 1. The number of methoxy groups -OCH3 is 1. The molecule has 6 heteroatoms. The van der Waals surface area contributed by atoms with Gasteiger partial charge in [-0.3, -0.25) is 10.1 Å². The van der Waals surface area contributed by atoms with Crippen molar-refractivity contribution >= 4 is 22.0 Å². The molecule has 0 saturated carbocycles. The third-order valence-electron chi connectivity index (χ3n) is 1.66. The summed E-state index contributed by atoms with van der Waals surface area (Å²) in [5, 5.41) is 19.7. The van der Waals surface area contributed by atoms with Crippen molar-refractivity contribution in [2.24, 2.45) is 0 Å². The van der Waals surface area contributed by atoms with Crippen LogP contribution in [0.1, 0.15) is 5.56 Å². The summed E-state index contributed by atoms with van der Waals surface area (Å²) >= 11 is 3.20. The van der Waals surface area contributed by atoms with Crippen LogP contribution in [0.15, 0.2) is 22.8 Å². The Morgan fingerprint density at radius 2 is 2.27 bits per heavy atom. The minimum absolute atomic E-state index is 0.126. The molecule has 0 unspecified atom stereocenters. The Bertz CT molecular complexity index is 417. The Labute approximate surface area is 94.3 Å². The summed E-state index contributed by atoms with van der Waals surface area (Å²) in [6.07, 6.45) is 1.95. The van der Waals surface area contributed by atoms with E-state index in [1.807, 2.05) is 0 Å². The first-order chi connectivity index (χ1) is 7.04. The van der Waals surface area contributed by atoms with E-state index in [1.165, 1.54) is 13.2 Å². The second kappa shape index (κ2) is 4.79. The number of rotatable bonds is 3. The summed E-state index contributed by atoms with van der Waals surface area (Å²) in [6, 6.07) is 3.12. The smallest absolute Gasteiger partial charge is 0.235 e. The fourth-order valence-electron chi connectivity index (χ4n) is 1.02. The van der Waals surface area contributed by atoms with E-state index in [0.29, 0.717) is 10.0 Å². The molecule has 1 aromatic rings. The van der Waals surface area contributed by atoms with Crippen molar-refractivity contribution in [1.29, 1.82) is 0 Å². The van der Waals surface area contributed by atoms with E-state index in [4.69, 9.17) is 4.74 Å². The highest BCUT2D eigenvalue weighted by molar-refractivity contribution is 9.10. The van der Waals surface area contributed by atoms with Gasteiger partial charge < -0.3 is 9.84 Å². The Kier molecular flexibility index (Phi) is 3.68. The molecule has 0 aliphatic carbocycles. The first-order valence-electron chi connectivity index (χ1n) is 3.93. The lowest BCUT2D eigenvalue weighted by molar-refractivity contribution is -0.400. The molecule has 5 nitrogen and oxygen atoms in total. The summed E-state index contributed by atoms with van der Waals surface area (Å²) < 4.78 is 5.56. The average Bonchev–Trinajstić information content (AvgIpc) is 2.18. The molecule has 0 atom stereocenters. The zero-order valence-corrected chi connectivity index (χ0v) is 9.39. The topological polar surface area (TPSA) is 72.6 Å². The van der Waals surface area contributed by atoms with Gasteiger partial charge in [0.25, 0.3) is 0 Å². The summed E-state index contributed by atoms with van der Waals surface area (Å²) in [4.78, 5) is 9.51. The van der Waals surface area contributed by atoms with Gasteiger partial charge in [-0.2, -0.15) is 0 Å². The van der Waals surface area contributed by atoms with Crippen LogP contribution in [0.2, 0.25) is 0 Å². The SMILES string of the molecule is COc1cc(Br)cc(/C=C/[N+](=O)[O-])c1O. The molecule has 0 aliphatic heterocycles. The first kappa shape index (κ1) is 11.5. The molecule has 0 fully saturated rings. The zero-order chi connectivity index (χ0) is 11.4. The van der Waals surface area contributed by atoms with Crippen LogP contribution in [0.25, 0.3) is 6.08 Å². The average molecular weight is 274 g/mol. The van der Waals surface area contributed by atoms with Gasteiger partial charge in [0.15, 0.2) is 11.5 Å². The summed E-state index contributed by atoms with van der Waals surface area (Å²) in [5.74, 6) is 0.131. The second-order valence-electron chi connectivity index (χ2n) is 2.65. The number of benzene rings is 1. The maximum atomic E-state index is 10.1. The van der Waals surface area contributed by atoms with E-state index in [9.17, 15) is 15.2 Å². The molecule has 0 aromatic heterocycles. The predicted molar refractivity (Wildman–Crippen MR) is 58.4 cm³/mol. The van der Waals surface area contributed by atoms with Crippen LogP contribution in [0.4, 0.5) is 0 Å². The van der Waals surface area contributed by atoms with Gasteiger partial charge in [0.2, 0.25) is 6.20 Å². The standard InChI is InChI=1S/C9H8BrNO4/c1-15-8-5-7(10)4-6(9(8)12)2-3-11(13)14/h2-5,12H,1H3/b3-2+. The van der Waals surface area contributed by atoms with Crippen LogP contribution >= 0.6 is 15.9 Å². The van der Waals surface area contributed by atoms with Gasteiger partial charge in [0.05, 0.1) is 12.0 Å². The van der Waals surface area contributed by atoms with Crippen molar-refractivity contribution in [3.8, 4) is 11.5 Å². The number of nitro groups is 1. The molecule has 0 saturated heterocycles. The van der Waals surface area contributed by atoms with E-state index in [2.05, 4.69) is 15.9 Å². The van der Waals surface area contributed by atoms with Gasteiger partial charge in [-0.15, -0.1) is 0 Å². The largest absolute Gasteiger partial charge is 0.504 e. The monoisotopic (exact) mass is 273 g/mol. The van der Waals surface area contributed by atoms with Crippen molar-refractivity contribution in [3.05, 3.63) is 38.5 Å². The van der Waals surface area contributed by atoms with Crippen LogP contribution in [0, 0.1) is 10.1 Å². The Hall–Kier alpha value is -1.56. The number of ether oxygens (including phenoxy) is 1. The molecule has 1 rings (SSSR count). The van der Waals surface area contributed by atoms with Crippen molar-refractivity contribution < 1.29 is 14.8 Å². The highest BCUT2D eigenvalue weighted by Crippen LogP contribution is 2.34. The van der Waals surface area contributed by atoms with E-state index >= 15 is 0 Å². The first-order valence-corrected chi connectivity index (χ1v) is 4.72. The molecule has 0 heterocycles. The van der Waals surface area contributed by atoms with Crippen LogP contribution in [0.5, 0.6) is 11.5 Å². The molecule has 0 spiro atoms. The van der Waals surface area contributed by atoms with Gasteiger partial charge in [0, 0.05) is 16.1 Å². The molecule has 0 bridgehead atoms. The highest BCUT2D eigenvalue weighted by Gasteiger charge is 2.08. The van der Waals surface area contributed by atoms with Crippen LogP contribution in [0.3, 0.4) is 0 Å². The van der Waals surface area contributed by atoms with E-state index in [-0.39, 0.29) is 11.5 Å². The maximum Gasteiger partial charge on any atom is 0.235 e. The maximum absolute atomic E-state index is 10.1. The Balaban J connectivity index is 3.17. The van der Waals surface area contributed by atoms with Crippen molar-refractivity contribution in [2.75, 3.05) is 7.11 Å². The lowest BCUT2D eigenvalue weighted by atomic mass is 10.2. The summed E-state index contributed by atoms with van der Waals surface area (Å²) in [6.45, 7) is 0. The molecule has 0 aliphatic rings. The van der Waals surface area contributed by atoms with Crippen molar-refractivity contribution in [1.82, 2.24) is 0 Å². The van der Waals surface area contributed by atoms with E-state index in [1.54, 1.807) is 12.1 Å². The molecule has 0 radical (unpaired) electrons. The fourth-order valence-corrected chi connectivity index (χ4v) is 1.47. The minimum Gasteiger partial charge on any atom is -0.504 e. The lowest BCUT2D eigenvalue weighted by Gasteiger charge is -2.06. The van der Waals surface area contributed by atoms with E-state index < -0.39 is 4.92 Å². The van der Waals surface area contributed by atoms with Crippen LogP contribution in [-0.4, -0.2) is 17.1 Å². The summed E-state index contributed by atoms with van der Waals surface area (Å²) in [5.41, 5.74) is 0.318. The molecule has 0 amide bonds. The lowest BCUT2D eigenvalue weighted by Crippen LogP contribution is -1.87. The molecular weight excluding hydrogens is 266 g/mol. The Morgan fingerprint density at radius 3 is 2.80 bits per heavy atom. The zero-order valence-electron chi connectivity index (χ0n) is 7.81. The third-order valence-corrected chi connectivity index (χ3v) is 2.12. The molecule has 15 heavy (non-hydrogen) atoms.